The molecule has 2 rings (SSSR count). The number of hydrogen-bond donors (Lipinski definition) is 3. The van der Waals surface area contributed by atoms with Gasteiger partial charge in [-0.05, 0) is 39.7 Å². The van der Waals surface area contributed by atoms with E-state index in [2.05, 4.69) is 48.5 Å². The molecule has 0 fully saturated rings. The van der Waals surface area contributed by atoms with Crippen molar-refractivity contribution in [3.8, 4) is 0 Å². The van der Waals surface area contributed by atoms with Gasteiger partial charge in [-0.25, -0.2) is 4.99 Å². The van der Waals surface area contributed by atoms with Crippen molar-refractivity contribution in [1.82, 2.24) is 15.5 Å². The van der Waals surface area contributed by atoms with Crippen molar-refractivity contribution in [3.63, 3.8) is 0 Å². The number of carbonyl (C=O) groups excluding carboxylic acids is 1. The summed E-state index contributed by atoms with van der Waals surface area (Å²) >= 11 is 1.50. The Morgan fingerprint density at radius 1 is 1.39 bits per heavy atom. The molecule has 0 aromatic rings. The largest absolute Gasteiger partial charge is 0.353 e. The lowest BCUT2D eigenvalue weighted by atomic mass is 10.1. The third kappa shape index (κ3) is 5.99. The fraction of sp³-hybridized carbons (Fsp3) is 0.381. The molecular weight excluding hydrogens is 370 g/mol. The Hall–Kier alpha value is -2.54. The number of aliphatic imine (C=N–C) groups is 1. The summed E-state index contributed by atoms with van der Waals surface area (Å²) in [6.45, 7) is 6.80. The molecule has 0 aromatic heterocycles. The second kappa shape index (κ2) is 10.7. The van der Waals surface area contributed by atoms with Gasteiger partial charge in [-0.3, -0.25) is 4.79 Å². The standard InChI is InChI=1S/C21H29N5OS/c1-15(2)7-5-8-16(3)9-12-25-20(27)18-14-28-21(26(18)4)17(13-22)19-23-10-6-11-24-19/h6-7,9-11,13-14,21-23H,5,8,12H2,1-4H3,(H,25,27)/b16-9+,19-17-,22-13?. The Morgan fingerprint density at radius 2 is 2.18 bits per heavy atom. The average molecular weight is 400 g/mol. The van der Waals surface area contributed by atoms with E-state index in [0.29, 0.717) is 18.1 Å². The van der Waals surface area contributed by atoms with Crippen molar-refractivity contribution < 1.29 is 4.79 Å². The summed E-state index contributed by atoms with van der Waals surface area (Å²) in [4.78, 5) is 18.7. The van der Waals surface area contributed by atoms with E-state index in [1.54, 1.807) is 18.5 Å². The summed E-state index contributed by atoms with van der Waals surface area (Å²) in [5.41, 5.74) is 3.92. The fourth-order valence-electron chi connectivity index (χ4n) is 2.76. The molecule has 0 aliphatic carbocycles. The number of hydrogen-bond acceptors (Lipinski definition) is 6. The summed E-state index contributed by atoms with van der Waals surface area (Å²) < 4.78 is 0. The van der Waals surface area contributed by atoms with E-state index >= 15 is 0 Å². The van der Waals surface area contributed by atoms with Crippen molar-refractivity contribution in [1.29, 1.82) is 5.41 Å². The first-order valence-corrected chi connectivity index (χ1v) is 10.2. The molecule has 1 atom stereocenters. The van der Waals surface area contributed by atoms with E-state index in [0.717, 1.165) is 18.4 Å². The first-order chi connectivity index (χ1) is 13.4. The van der Waals surface area contributed by atoms with E-state index in [-0.39, 0.29) is 11.3 Å². The number of likely N-dealkylation sites (N-methyl/N-ethyl adjacent to an activating group) is 1. The van der Waals surface area contributed by atoms with Crippen LogP contribution < -0.4 is 10.6 Å². The van der Waals surface area contributed by atoms with Gasteiger partial charge in [0.2, 0.25) is 0 Å². The summed E-state index contributed by atoms with van der Waals surface area (Å²) in [7, 11) is 1.86. The Balaban J connectivity index is 1.91. The summed E-state index contributed by atoms with van der Waals surface area (Å²) in [6.07, 6.45) is 12.9. The van der Waals surface area contributed by atoms with Crippen molar-refractivity contribution in [2.75, 3.05) is 13.6 Å². The second-order valence-electron chi connectivity index (χ2n) is 6.91. The highest BCUT2D eigenvalue weighted by molar-refractivity contribution is 8.03. The maximum absolute atomic E-state index is 12.6. The lowest BCUT2D eigenvalue weighted by Gasteiger charge is -2.25. The predicted molar refractivity (Wildman–Crippen MR) is 119 cm³/mol. The highest BCUT2D eigenvalue weighted by Gasteiger charge is 2.31. The van der Waals surface area contributed by atoms with Crippen LogP contribution >= 0.6 is 11.8 Å². The van der Waals surface area contributed by atoms with E-state index in [1.807, 2.05) is 17.4 Å². The third-order valence-corrected chi connectivity index (χ3v) is 5.57. The predicted octanol–water partition coefficient (Wildman–Crippen LogP) is 3.69. The van der Waals surface area contributed by atoms with Gasteiger partial charge in [-0.2, -0.15) is 0 Å². The van der Waals surface area contributed by atoms with Crippen LogP contribution in [0.15, 0.2) is 63.1 Å². The maximum Gasteiger partial charge on any atom is 0.268 e. The SMILES string of the molecule is CC(C)=CCC/C(C)=C/CNC(=O)C1=CSC(/C(C=N)=C2\N=CC=CN2)N1C. The Bertz CT molecular complexity index is 785. The molecule has 28 heavy (non-hydrogen) atoms. The van der Waals surface area contributed by atoms with E-state index in [9.17, 15) is 4.79 Å². The van der Waals surface area contributed by atoms with Crippen LogP contribution in [0.4, 0.5) is 0 Å². The number of carbonyl (C=O) groups is 1. The fourth-order valence-corrected chi connectivity index (χ4v) is 3.92. The van der Waals surface area contributed by atoms with Crippen molar-refractivity contribution >= 4 is 30.1 Å². The van der Waals surface area contributed by atoms with Crippen LogP contribution in [0.1, 0.15) is 33.6 Å². The van der Waals surface area contributed by atoms with Gasteiger partial charge in [0, 0.05) is 43.2 Å². The number of nitrogens with one attached hydrogen (secondary N) is 3. The van der Waals surface area contributed by atoms with Gasteiger partial charge in [0.15, 0.2) is 0 Å². The van der Waals surface area contributed by atoms with Gasteiger partial charge in [0.1, 0.15) is 16.9 Å². The lowest BCUT2D eigenvalue weighted by molar-refractivity contribution is -0.118. The number of rotatable bonds is 8. The molecule has 1 amide bonds. The molecule has 0 saturated carbocycles. The van der Waals surface area contributed by atoms with E-state index in [4.69, 9.17) is 5.41 Å². The van der Waals surface area contributed by atoms with E-state index < -0.39 is 0 Å². The molecule has 3 N–H and O–H groups in total. The molecule has 6 nitrogen and oxygen atoms in total. The van der Waals surface area contributed by atoms with Crippen LogP contribution in [0.25, 0.3) is 0 Å². The molecule has 0 saturated heterocycles. The molecule has 2 heterocycles. The topological polar surface area (TPSA) is 80.6 Å². The Labute approximate surface area is 171 Å². The van der Waals surface area contributed by atoms with Gasteiger partial charge in [0.25, 0.3) is 5.91 Å². The zero-order valence-corrected chi connectivity index (χ0v) is 17.8. The minimum atomic E-state index is -0.161. The van der Waals surface area contributed by atoms with Crippen LogP contribution in [0.5, 0.6) is 0 Å². The monoisotopic (exact) mass is 399 g/mol. The van der Waals surface area contributed by atoms with Crippen molar-refractivity contribution in [3.05, 3.63) is 58.1 Å². The van der Waals surface area contributed by atoms with Crippen molar-refractivity contribution in [2.24, 2.45) is 4.99 Å². The van der Waals surface area contributed by atoms with Gasteiger partial charge in [0.05, 0.1) is 0 Å². The maximum atomic E-state index is 12.6. The van der Waals surface area contributed by atoms with Crippen LogP contribution in [0, 0.1) is 5.41 Å². The smallest absolute Gasteiger partial charge is 0.268 e. The molecule has 2 aliphatic heterocycles. The van der Waals surface area contributed by atoms with Crippen LogP contribution in [0.2, 0.25) is 0 Å². The third-order valence-electron chi connectivity index (χ3n) is 4.38. The zero-order valence-electron chi connectivity index (χ0n) is 17.0. The second-order valence-corrected chi connectivity index (χ2v) is 7.87. The highest BCUT2D eigenvalue weighted by Crippen LogP contribution is 2.34. The molecule has 2 aliphatic rings. The molecule has 0 spiro atoms. The Kier molecular flexibility index (Phi) is 8.32. The Morgan fingerprint density at radius 3 is 2.82 bits per heavy atom. The number of amides is 1. The molecule has 7 heteroatoms. The normalized spacial score (nSPS) is 20.4. The quantitative estimate of drug-likeness (QED) is 0.429. The summed E-state index contributed by atoms with van der Waals surface area (Å²) in [6, 6.07) is 0. The first-order valence-electron chi connectivity index (χ1n) is 9.30. The molecule has 1 unspecified atom stereocenters. The minimum absolute atomic E-state index is 0.111. The van der Waals surface area contributed by atoms with E-state index in [1.165, 1.54) is 29.1 Å². The molecule has 0 aromatic carbocycles. The van der Waals surface area contributed by atoms with Gasteiger partial charge in [-0.15, -0.1) is 11.8 Å². The van der Waals surface area contributed by atoms with Gasteiger partial charge in [-0.1, -0.05) is 23.3 Å². The molecular formula is C21H29N5OS. The van der Waals surface area contributed by atoms with Crippen LogP contribution in [0.3, 0.4) is 0 Å². The lowest BCUT2D eigenvalue weighted by Crippen LogP contribution is -2.36. The number of thioether (sulfide) groups is 1. The molecule has 0 radical (unpaired) electrons. The minimum Gasteiger partial charge on any atom is -0.353 e. The number of nitrogens with zero attached hydrogens (tertiary/aromatic N) is 2. The van der Waals surface area contributed by atoms with Gasteiger partial charge >= 0.3 is 0 Å². The zero-order chi connectivity index (χ0) is 20.5. The van der Waals surface area contributed by atoms with Crippen LogP contribution in [-0.4, -0.2) is 42.2 Å². The average Bonchev–Trinajstić information content (AvgIpc) is 3.04. The van der Waals surface area contributed by atoms with Crippen LogP contribution in [-0.2, 0) is 4.79 Å². The highest BCUT2D eigenvalue weighted by atomic mass is 32.2. The summed E-state index contributed by atoms with van der Waals surface area (Å²) in [5.74, 6) is 0.520. The first kappa shape index (κ1) is 21.8. The number of allylic oxidation sites excluding steroid dienone is 4. The van der Waals surface area contributed by atoms with Crippen molar-refractivity contribution in [2.45, 2.75) is 39.0 Å². The molecule has 150 valence electrons. The molecule has 0 bridgehead atoms. The summed E-state index contributed by atoms with van der Waals surface area (Å²) in [5, 5.41) is 15.5. The van der Waals surface area contributed by atoms with Gasteiger partial charge < -0.3 is 20.9 Å².